The van der Waals surface area contributed by atoms with Crippen molar-refractivity contribution in [3.63, 3.8) is 0 Å². The van der Waals surface area contributed by atoms with E-state index in [1.54, 1.807) is 0 Å². The van der Waals surface area contributed by atoms with Gasteiger partial charge in [-0.3, -0.25) is 4.79 Å². The lowest BCUT2D eigenvalue weighted by molar-refractivity contribution is -0.166. The van der Waals surface area contributed by atoms with Crippen LogP contribution in [-0.2, 0) is 15.1 Å². The molecule has 0 N–H and O–H groups in total. The molecular formula is C34H38O2. The van der Waals surface area contributed by atoms with Crippen LogP contribution in [0.4, 0.5) is 0 Å². The molecular weight excluding hydrogens is 440 g/mol. The van der Waals surface area contributed by atoms with Crippen molar-refractivity contribution >= 4 is 16.7 Å². The number of carbonyl (C=O) groups is 1. The molecule has 1 aliphatic carbocycles. The van der Waals surface area contributed by atoms with Crippen LogP contribution in [0.15, 0.2) is 97.1 Å². The van der Waals surface area contributed by atoms with Crippen LogP contribution >= 0.6 is 0 Å². The zero-order chi connectivity index (χ0) is 25.9. The fourth-order valence-corrected chi connectivity index (χ4v) is 4.96. The number of esters is 1. The second-order valence-electron chi connectivity index (χ2n) is 10.8. The predicted octanol–water partition coefficient (Wildman–Crippen LogP) is 8.99. The van der Waals surface area contributed by atoms with Gasteiger partial charge in [0.2, 0.25) is 0 Å². The van der Waals surface area contributed by atoms with E-state index in [0.29, 0.717) is 11.8 Å². The van der Waals surface area contributed by atoms with Crippen molar-refractivity contribution in [3.8, 4) is 0 Å². The maximum Gasteiger partial charge on any atom is 0.312 e. The maximum absolute atomic E-state index is 12.6. The van der Waals surface area contributed by atoms with Gasteiger partial charge in [-0.1, -0.05) is 118 Å². The van der Waals surface area contributed by atoms with E-state index in [2.05, 4.69) is 50.2 Å². The first kappa shape index (κ1) is 25.7. The number of ether oxygens (including phenoxy) is 1. The highest BCUT2D eigenvalue weighted by molar-refractivity contribution is 5.92. The summed E-state index contributed by atoms with van der Waals surface area (Å²) in [6, 6.07) is 33.1. The third-order valence-corrected chi connectivity index (χ3v) is 8.08. The first-order valence-corrected chi connectivity index (χ1v) is 13.0. The quantitative estimate of drug-likeness (QED) is 0.268. The first-order valence-electron chi connectivity index (χ1n) is 13.0. The molecule has 2 unspecified atom stereocenters. The van der Waals surface area contributed by atoms with Crippen molar-refractivity contribution in [2.75, 3.05) is 0 Å². The minimum absolute atomic E-state index is 0.176. The van der Waals surface area contributed by atoms with E-state index in [1.165, 1.54) is 21.9 Å². The molecule has 0 aliphatic heterocycles. The van der Waals surface area contributed by atoms with Crippen LogP contribution < -0.4 is 0 Å². The van der Waals surface area contributed by atoms with Crippen LogP contribution in [0.2, 0.25) is 0 Å². The van der Waals surface area contributed by atoms with Crippen LogP contribution in [0, 0.1) is 5.41 Å². The Morgan fingerprint density at radius 2 is 1.14 bits per heavy atom. The number of hydrogen-bond acceptors (Lipinski definition) is 2. The molecule has 0 aromatic heterocycles. The van der Waals surface area contributed by atoms with E-state index in [4.69, 9.17) is 4.74 Å². The minimum Gasteiger partial charge on any atom is -0.449 e. The lowest BCUT2D eigenvalue weighted by Crippen LogP contribution is -2.36. The van der Waals surface area contributed by atoms with Crippen molar-refractivity contribution in [1.82, 2.24) is 0 Å². The van der Waals surface area contributed by atoms with E-state index in [-0.39, 0.29) is 5.97 Å². The van der Waals surface area contributed by atoms with E-state index in [9.17, 15) is 4.79 Å². The lowest BCUT2D eigenvalue weighted by Gasteiger charge is -2.34. The van der Waals surface area contributed by atoms with Gasteiger partial charge >= 0.3 is 5.97 Å². The van der Waals surface area contributed by atoms with Crippen molar-refractivity contribution < 1.29 is 9.53 Å². The largest absolute Gasteiger partial charge is 0.449 e. The average molecular weight is 479 g/mol. The van der Waals surface area contributed by atoms with Crippen LogP contribution in [0.1, 0.15) is 82.1 Å². The molecule has 0 bridgehead atoms. The fraction of sp³-hybridized carbons (Fsp3) is 0.324. The van der Waals surface area contributed by atoms with E-state index in [0.717, 1.165) is 17.5 Å². The van der Waals surface area contributed by atoms with E-state index < -0.39 is 11.0 Å². The molecule has 0 amide bonds. The Morgan fingerprint density at radius 1 is 0.694 bits per heavy atom. The average Bonchev–Trinajstić information content (AvgIpc) is 3.16. The molecule has 2 nitrogen and oxygen atoms in total. The molecule has 0 spiro atoms. The zero-order valence-corrected chi connectivity index (χ0v) is 22.4. The lowest BCUT2D eigenvalue weighted by atomic mass is 9.86. The molecule has 0 heterocycles. The van der Waals surface area contributed by atoms with Gasteiger partial charge in [0.25, 0.3) is 0 Å². The second-order valence-corrected chi connectivity index (χ2v) is 10.8. The molecule has 4 aromatic rings. The predicted molar refractivity (Wildman–Crippen MR) is 150 cm³/mol. The van der Waals surface area contributed by atoms with E-state index in [1.807, 2.05) is 88.4 Å². The molecule has 2 heteroatoms. The summed E-state index contributed by atoms with van der Waals surface area (Å²) in [5.41, 5.74) is 3.73. The van der Waals surface area contributed by atoms with Crippen LogP contribution in [0.25, 0.3) is 10.8 Å². The normalized spacial score (nSPS) is 16.8. The second kappa shape index (κ2) is 10.3. The Kier molecular flexibility index (Phi) is 7.36. The highest BCUT2D eigenvalue weighted by atomic mass is 16.6. The molecule has 1 aliphatic rings. The SMILES string of the molecule is CC1c2cccc3cccc(c23)C1C.CCC(C)(C)C(=O)OC(C)(c1ccccc1)c1ccccc1. The maximum atomic E-state index is 12.6. The van der Waals surface area contributed by atoms with Gasteiger partial charge in [-0.05, 0) is 72.1 Å². The number of carbonyl (C=O) groups excluding carboxylic acids is 1. The molecule has 5 rings (SSSR count). The zero-order valence-electron chi connectivity index (χ0n) is 22.4. The molecule has 0 fully saturated rings. The van der Waals surface area contributed by atoms with Crippen molar-refractivity contribution in [2.45, 2.75) is 65.4 Å². The van der Waals surface area contributed by atoms with Gasteiger partial charge < -0.3 is 4.74 Å². The summed E-state index contributed by atoms with van der Waals surface area (Å²) in [4.78, 5) is 12.6. The summed E-state index contributed by atoms with van der Waals surface area (Å²) in [5, 5.41) is 2.91. The molecule has 36 heavy (non-hydrogen) atoms. The molecule has 0 saturated carbocycles. The third kappa shape index (κ3) is 4.82. The summed E-state index contributed by atoms with van der Waals surface area (Å²) in [6.45, 7) is 12.5. The number of rotatable bonds is 5. The highest BCUT2D eigenvalue weighted by Crippen LogP contribution is 2.45. The van der Waals surface area contributed by atoms with Crippen molar-refractivity contribution in [1.29, 1.82) is 0 Å². The summed E-state index contributed by atoms with van der Waals surface area (Å²) < 4.78 is 6.03. The Morgan fingerprint density at radius 3 is 1.56 bits per heavy atom. The summed E-state index contributed by atoms with van der Waals surface area (Å²) in [5.74, 6) is 1.18. The van der Waals surface area contributed by atoms with Gasteiger partial charge in [0.15, 0.2) is 5.60 Å². The van der Waals surface area contributed by atoms with Crippen LogP contribution in [0.3, 0.4) is 0 Å². The van der Waals surface area contributed by atoms with Gasteiger partial charge in [0, 0.05) is 0 Å². The van der Waals surface area contributed by atoms with Crippen molar-refractivity contribution in [3.05, 3.63) is 119 Å². The standard InChI is InChI=1S/C20H24O2.C14H14/c1-5-19(2,3)18(21)22-20(4,16-12-8-6-9-13-16)17-14-10-7-11-15-17;1-9-10(2)13-8-4-6-11-5-3-7-12(9)14(11)13/h6-15H,5H2,1-4H3;3-10H,1-2H3. The Bertz CT molecular complexity index is 1240. The van der Waals surface area contributed by atoms with Crippen LogP contribution in [0.5, 0.6) is 0 Å². The monoisotopic (exact) mass is 478 g/mol. The topological polar surface area (TPSA) is 26.3 Å². The Hall–Kier alpha value is -3.39. The van der Waals surface area contributed by atoms with E-state index >= 15 is 0 Å². The molecule has 2 atom stereocenters. The summed E-state index contributed by atoms with van der Waals surface area (Å²) in [7, 11) is 0. The van der Waals surface area contributed by atoms with Gasteiger partial charge in [-0.15, -0.1) is 0 Å². The number of benzene rings is 4. The van der Waals surface area contributed by atoms with Gasteiger partial charge in [-0.2, -0.15) is 0 Å². The summed E-state index contributed by atoms with van der Waals surface area (Å²) >= 11 is 0. The highest BCUT2D eigenvalue weighted by Gasteiger charge is 2.38. The smallest absolute Gasteiger partial charge is 0.312 e. The van der Waals surface area contributed by atoms with Gasteiger partial charge in [0.1, 0.15) is 0 Å². The summed E-state index contributed by atoms with van der Waals surface area (Å²) in [6.07, 6.45) is 0.742. The third-order valence-electron chi connectivity index (χ3n) is 8.08. The first-order chi connectivity index (χ1) is 17.2. The molecule has 186 valence electrons. The van der Waals surface area contributed by atoms with Crippen LogP contribution in [-0.4, -0.2) is 5.97 Å². The van der Waals surface area contributed by atoms with Gasteiger partial charge in [0.05, 0.1) is 5.41 Å². The fourth-order valence-electron chi connectivity index (χ4n) is 4.96. The Balaban J connectivity index is 0.000000185. The minimum atomic E-state index is -0.786. The molecule has 0 radical (unpaired) electrons. The molecule has 0 saturated heterocycles. The molecule has 4 aromatic carbocycles. The van der Waals surface area contributed by atoms with Crippen molar-refractivity contribution in [2.24, 2.45) is 5.41 Å². The van der Waals surface area contributed by atoms with Gasteiger partial charge in [-0.25, -0.2) is 0 Å². The number of hydrogen-bond donors (Lipinski definition) is 0. The Labute approximate surface area is 216 Å².